The van der Waals surface area contributed by atoms with Crippen molar-refractivity contribution in [1.29, 1.82) is 0 Å². The molecule has 1 saturated carbocycles. The van der Waals surface area contributed by atoms with Gasteiger partial charge in [0.05, 0.1) is 12.6 Å². The zero-order valence-electron chi connectivity index (χ0n) is 9.92. The Morgan fingerprint density at radius 3 is 2.50 bits per heavy atom. The summed E-state index contributed by atoms with van der Waals surface area (Å²) in [6.45, 7) is 0. The molecule has 1 aromatic carbocycles. The van der Waals surface area contributed by atoms with Crippen LogP contribution < -0.4 is 10.5 Å². The van der Waals surface area contributed by atoms with Crippen LogP contribution in [0.25, 0.3) is 11.4 Å². The lowest BCUT2D eigenvalue weighted by Crippen LogP contribution is -2.18. The van der Waals surface area contributed by atoms with E-state index in [0.717, 1.165) is 24.2 Å². The number of nitrogens with two attached hydrogens (primary N) is 1. The van der Waals surface area contributed by atoms with Gasteiger partial charge in [0.1, 0.15) is 5.75 Å². The zero-order valence-corrected chi connectivity index (χ0v) is 10.7. The lowest BCUT2D eigenvalue weighted by molar-refractivity contribution is 0.348. The van der Waals surface area contributed by atoms with Gasteiger partial charge in [-0.3, -0.25) is 0 Å². The van der Waals surface area contributed by atoms with E-state index in [-0.39, 0.29) is 17.9 Å². The van der Waals surface area contributed by atoms with Crippen molar-refractivity contribution in [2.24, 2.45) is 5.73 Å². The van der Waals surface area contributed by atoms with Gasteiger partial charge in [0.25, 0.3) is 0 Å². The van der Waals surface area contributed by atoms with Crippen molar-refractivity contribution in [3.8, 4) is 17.1 Å². The molecule has 0 spiro atoms. The molecule has 2 aromatic rings. The molecule has 1 heterocycles. The Labute approximate surface area is 111 Å². The van der Waals surface area contributed by atoms with E-state index in [1.165, 1.54) is 0 Å². The number of nitrogens with zero attached hydrogens (tertiary/aromatic N) is 2. The van der Waals surface area contributed by atoms with Crippen LogP contribution >= 0.6 is 12.4 Å². The first-order valence-electron chi connectivity index (χ1n) is 5.49. The smallest absolute Gasteiger partial charge is 0.247 e. The third-order valence-corrected chi connectivity index (χ3v) is 2.99. The van der Waals surface area contributed by atoms with Crippen molar-refractivity contribution in [3.63, 3.8) is 0 Å². The number of hydrogen-bond donors (Lipinski definition) is 1. The van der Waals surface area contributed by atoms with Crippen LogP contribution in [0.1, 0.15) is 18.7 Å². The number of halogens is 1. The average Bonchev–Trinajstić information content (AvgIpc) is 2.94. The fourth-order valence-electron chi connectivity index (χ4n) is 1.63. The fraction of sp³-hybridized carbons (Fsp3) is 0.333. The highest BCUT2D eigenvalue weighted by molar-refractivity contribution is 5.85. The number of ether oxygens (including phenoxy) is 1. The van der Waals surface area contributed by atoms with E-state index < -0.39 is 0 Å². The van der Waals surface area contributed by atoms with E-state index in [2.05, 4.69) is 10.1 Å². The Bertz CT molecular complexity index is 535. The highest BCUT2D eigenvalue weighted by atomic mass is 35.5. The van der Waals surface area contributed by atoms with Crippen molar-refractivity contribution >= 4 is 12.4 Å². The molecule has 1 aromatic heterocycles. The molecule has 0 aliphatic heterocycles. The number of methoxy groups -OCH3 is 1. The molecule has 1 fully saturated rings. The molecule has 0 unspecified atom stereocenters. The van der Waals surface area contributed by atoms with Crippen LogP contribution in [-0.2, 0) is 5.54 Å². The lowest BCUT2D eigenvalue weighted by Gasteiger charge is -1.99. The predicted octanol–water partition coefficient (Wildman–Crippen LogP) is 2.11. The monoisotopic (exact) mass is 267 g/mol. The maximum Gasteiger partial charge on any atom is 0.247 e. The molecule has 1 aliphatic carbocycles. The average molecular weight is 268 g/mol. The van der Waals surface area contributed by atoms with Crippen molar-refractivity contribution < 1.29 is 9.26 Å². The standard InChI is InChI=1S/C12H13N3O2.ClH/c1-16-9-4-2-8(3-5-9)10-14-11(17-15-10)12(13)6-7-12;/h2-5H,6-7,13H2,1H3;1H. The predicted molar refractivity (Wildman–Crippen MR) is 68.6 cm³/mol. The molecule has 6 heteroatoms. The van der Waals surface area contributed by atoms with Gasteiger partial charge in [-0.1, -0.05) is 5.16 Å². The van der Waals surface area contributed by atoms with Gasteiger partial charge in [-0.05, 0) is 37.1 Å². The summed E-state index contributed by atoms with van der Waals surface area (Å²) < 4.78 is 10.3. The first-order chi connectivity index (χ1) is 8.21. The van der Waals surface area contributed by atoms with Crippen molar-refractivity contribution in [1.82, 2.24) is 10.1 Å². The van der Waals surface area contributed by atoms with Gasteiger partial charge in [0.2, 0.25) is 11.7 Å². The molecule has 96 valence electrons. The van der Waals surface area contributed by atoms with E-state index in [9.17, 15) is 0 Å². The summed E-state index contributed by atoms with van der Waals surface area (Å²) in [4.78, 5) is 4.33. The second-order valence-corrected chi connectivity index (χ2v) is 4.31. The van der Waals surface area contributed by atoms with Crippen LogP contribution in [0.15, 0.2) is 28.8 Å². The zero-order chi connectivity index (χ0) is 11.9. The summed E-state index contributed by atoms with van der Waals surface area (Å²) in [6, 6.07) is 7.51. The molecule has 2 N–H and O–H groups in total. The van der Waals surface area contributed by atoms with Crippen molar-refractivity contribution in [2.45, 2.75) is 18.4 Å². The van der Waals surface area contributed by atoms with Gasteiger partial charge in [-0.25, -0.2) is 0 Å². The summed E-state index contributed by atoms with van der Waals surface area (Å²) in [5.41, 5.74) is 6.50. The van der Waals surface area contributed by atoms with Gasteiger partial charge in [0.15, 0.2) is 0 Å². The maximum absolute atomic E-state index is 5.99. The van der Waals surface area contributed by atoms with Crippen LogP contribution in [0, 0.1) is 0 Å². The summed E-state index contributed by atoms with van der Waals surface area (Å²) in [7, 11) is 1.63. The Morgan fingerprint density at radius 2 is 1.94 bits per heavy atom. The summed E-state index contributed by atoms with van der Waals surface area (Å²) >= 11 is 0. The van der Waals surface area contributed by atoms with Gasteiger partial charge in [-0.15, -0.1) is 12.4 Å². The topological polar surface area (TPSA) is 74.2 Å². The quantitative estimate of drug-likeness (QED) is 0.922. The van der Waals surface area contributed by atoms with E-state index in [1.807, 2.05) is 24.3 Å². The minimum absolute atomic E-state index is 0. The molecule has 18 heavy (non-hydrogen) atoms. The van der Waals surface area contributed by atoms with E-state index in [0.29, 0.717) is 11.7 Å². The largest absolute Gasteiger partial charge is 0.497 e. The van der Waals surface area contributed by atoms with E-state index >= 15 is 0 Å². The Kier molecular flexibility index (Phi) is 3.28. The van der Waals surface area contributed by atoms with Crippen LogP contribution in [0.5, 0.6) is 5.75 Å². The molecule has 5 nitrogen and oxygen atoms in total. The highest BCUT2D eigenvalue weighted by Crippen LogP contribution is 2.42. The molecule has 0 saturated heterocycles. The van der Waals surface area contributed by atoms with Crippen molar-refractivity contribution in [2.75, 3.05) is 7.11 Å². The van der Waals surface area contributed by atoms with Gasteiger partial charge < -0.3 is 15.0 Å². The summed E-state index contributed by atoms with van der Waals surface area (Å²) in [5, 5.41) is 3.94. The Balaban J connectivity index is 0.00000120. The summed E-state index contributed by atoms with van der Waals surface area (Å²) in [6.07, 6.45) is 1.83. The Hall–Kier alpha value is -1.59. The minimum atomic E-state index is -0.377. The molecule has 0 bridgehead atoms. The molecule has 1 aliphatic rings. The lowest BCUT2D eigenvalue weighted by atomic mass is 10.2. The first-order valence-corrected chi connectivity index (χ1v) is 5.49. The minimum Gasteiger partial charge on any atom is -0.497 e. The number of aromatic nitrogens is 2. The number of rotatable bonds is 3. The van der Waals surface area contributed by atoms with Gasteiger partial charge in [0, 0.05) is 5.56 Å². The molecular weight excluding hydrogens is 254 g/mol. The molecular formula is C12H14ClN3O2. The Morgan fingerprint density at radius 1 is 1.28 bits per heavy atom. The molecule has 0 amide bonds. The maximum atomic E-state index is 5.99. The third kappa shape index (κ3) is 2.19. The van der Waals surface area contributed by atoms with Crippen LogP contribution in [0.2, 0.25) is 0 Å². The van der Waals surface area contributed by atoms with Gasteiger partial charge >= 0.3 is 0 Å². The highest BCUT2D eigenvalue weighted by Gasteiger charge is 2.45. The van der Waals surface area contributed by atoms with Gasteiger partial charge in [-0.2, -0.15) is 4.98 Å². The fourth-order valence-corrected chi connectivity index (χ4v) is 1.63. The molecule has 0 radical (unpaired) electrons. The number of hydrogen-bond acceptors (Lipinski definition) is 5. The van der Waals surface area contributed by atoms with Crippen LogP contribution in [0.4, 0.5) is 0 Å². The second-order valence-electron chi connectivity index (χ2n) is 4.31. The molecule has 0 atom stereocenters. The van der Waals surface area contributed by atoms with Crippen molar-refractivity contribution in [3.05, 3.63) is 30.2 Å². The third-order valence-electron chi connectivity index (χ3n) is 2.99. The van der Waals surface area contributed by atoms with E-state index in [4.69, 9.17) is 15.0 Å². The van der Waals surface area contributed by atoms with Crippen LogP contribution in [-0.4, -0.2) is 17.3 Å². The van der Waals surface area contributed by atoms with E-state index in [1.54, 1.807) is 7.11 Å². The molecule has 3 rings (SSSR count). The second kappa shape index (κ2) is 4.59. The first kappa shape index (κ1) is 12.9. The number of benzene rings is 1. The normalized spacial score (nSPS) is 15.9. The van der Waals surface area contributed by atoms with Crippen LogP contribution in [0.3, 0.4) is 0 Å². The SMILES string of the molecule is COc1ccc(-c2noc(C3(N)CC3)n2)cc1.Cl. The summed E-state index contributed by atoms with van der Waals surface area (Å²) in [5.74, 6) is 1.90.